The SMILES string of the molecule is CCCN1CCC(NC(=O)Cc2ccc(C#N)cc2)CC1. The van der Waals surface area contributed by atoms with Crippen LogP contribution in [0.25, 0.3) is 0 Å². The van der Waals surface area contributed by atoms with Crippen molar-refractivity contribution in [1.82, 2.24) is 10.2 Å². The fourth-order valence-electron chi connectivity index (χ4n) is 2.78. The van der Waals surface area contributed by atoms with Gasteiger partial charge in [-0.2, -0.15) is 5.26 Å². The van der Waals surface area contributed by atoms with Crippen molar-refractivity contribution >= 4 is 5.91 Å². The number of hydrogen-bond acceptors (Lipinski definition) is 3. The Morgan fingerprint density at radius 1 is 1.33 bits per heavy atom. The predicted molar refractivity (Wildman–Crippen MR) is 82.8 cm³/mol. The summed E-state index contributed by atoms with van der Waals surface area (Å²) >= 11 is 0. The first-order valence-electron chi connectivity index (χ1n) is 7.72. The summed E-state index contributed by atoms with van der Waals surface area (Å²) < 4.78 is 0. The number of rotatable bonds is 5. The van der Waals surface area contributed by atoms with Gasteiger partial charge in [-0.05, 0) is 43.5 Å². The third-order valence-electron chi connectivity index (χ3n) is 3.94. The number of hydrogen-bond donors (Lipinski definition) is 1. The van der Waals surface area contributed by atoms with Crippen LogP contribution in [0.2, 0.25) is 0 Å². The van der Waals surface area contributed by atoms with Gasteiger partial charge in [-0.25, -0.2) is 0 Å². The van der Waals surface area contributed by atoms with Gasteiger partial charge in [-0.1, -0.05) is 19.1 Å². The molecule has 1 aliphatic rings. The van der Waals surface area contributed by atoms with E-state index < -0.39 is 0 Å². The van der Waals surface area contributed by atoms with E-state index in [1.165, 1.54) is 6.42 Å². The summed E-state index contributed by atoms with van der Waals surface area (Å²) in [6, 6.07) is 9.60. The van der Waals surface area contributed by atoms with Crippen LogP contribution < -0.4 is 5.32 Å². The Kier molecular flexibility index (Phi) is 5.77. The van der Waals surface area contributed by atoms with E-state index >= 15 is 0 Å². The lowest BCUT2D eigenvalue weighted by Gasteiger charge is -2.32. The molecular formula is C17H23N3O. The monoisotopic (exact) mass is 285 g/mol. The average molecular weight is 285 g/mol. The smallest absolute Gasteiger partial charge is 0.224 e. The molecule has 112 valence electrons. The predicted octanol–water partition coefficient (Wildman–Crippen LogP) is 2.09. The first-order valence-corrected chi connectivity index (χ1v) is 7.72. The number of nitrogens with one attached hydrogen (secondary N) is 1. The van der Waals surface area contributed by atoms with E-state index in [-0.39, 0.29) is 5.91 Å². The highest BCUT2D eigenvalue weighted by molar-refractivity contribution is 5.78. The van der Waals surface area contributed by atoms with Crippen molar-refractivity contribution in [2.45, 2.75) is 38.6 Å². The van der Waals surface area contributed by atoms with Gasteiger partial charge in [0.1, 0.15) is 0 Å². The van der Waals surface area contributed by atoms with E-state index in [1.54, 1.807) is 12.1 Å². The number of nitriles is 1. The van der Waals surface area contributed by atoms with Crippen LogP contribution in [0.1, 0.15) is 37.3 Å². The second kappa shape index (κ2) is 7.80. The van der Waals surface area contributed by atoms with Crippen LogP contribution in [0.4, 0.5) is 0 Å². The summed E-state index contributed by atoms with van der Waals surface area (Å²) in [6.45, 7) is 5.52. The molecule has 4 heteroatoms. The van der Waals surface area contributed by atoms with Crippen molar-refractivity contribution in [2.24, 2.45) is 0 Å². The van der Waals surface area contributed by atoms with E-state index in [2.05, 4.69) is 23.2 Å². The Labute approximate surface area is 126 Å². The number of carbonyl (C=O) groups excluding carboxylic acids is 1. The molecule has 1 aromatic rings. The van der Waals surface area contributed by atoms with Crippen LogP contribution >= 0.6 is 0 Å². The highest BCUT2D eigenvalue weighted by Gasteiger charge is 2.19. The van der Waals surface area contributed by atoms with Crippen LogP contribution in [-0.2, 0) is 11.2 Å². The molecule has 0 aromatic heterocycles. The maximum Gasteiger partial charge on any atom is 0.224 e. The zero-order valence-corrected chi connectivity index (χ0v) is 12.6. The lowest BCUT2D eigenvalue weighted by atomic mass is 10.0. The van der Waals surface area contributed by atoms with Crippen LogP contribution in [0.15, 0.2) is 24.3 Å². The number of carbonyl (C=O) groups is 1. The molecule has 1 heterocycles. The Bertz CT molecular complexity index is 496. The molecule has 0 spiro atoms. The molecule has 1 saturated heterocycles. The molecule has 1 aromatic carbocycles. The highest BCUT2D eigenvalue weighted by atomic mass is 16.1. The first kappa shape index (κ1) is 15.5. The molecule has 0 aliphatic carbocycles. The van der Waals surface area contributed by atoms with Crippen molar-refractivity contribution in [3.8, 4) is 6.07 Å². The van der Waals surface area contributed by atoms with Crippen molar-refractivity contribution in [3.63, 3.8) is 0 Å². The Hall–Kier alpha value is -1.86. The third kappa shape index (κ3) is 4.87. The van der Waals surface area contributed by atoms with E-state index in [4.69, 9.17) is 5.26 Å². The molecule has 0 unspecified atom stereocenters. The minimum Gasteiger partial charge on any atom is -0.353 e. The van der Waals surface area contributed by atoms with Crippen molar-refractivity contribution < 1.29 is 4.79 Å². The van der Waals surface area contributed by atoms with E-state index in [1.807, 2.05) is 12.1 Å². The van der Waals surface area contributed by atoms with Gasteiger partial charge in [0.25, 0.3) is 0 Å². The molecule has 1 amide bonds. The van der Waals surface area contributed by atoms with Gasteiger partial charge in [0, 0.05) is 19.1 Å². The Morgan fingerprint density at radius 3 is 2.57 bits per heavy atom. The van der Waals surface area contributed by atoms with Gasteiger partial charge < -0.3 is 10.2 Å². The maximum absolute atomic E-state index is 12.1. The van der Waals surface area contributed by atoms with Crippen LogP contribution in [0.5, 0.6) is 0 Å². The van der Waals surface area contributed by atoms with Crippen LogP contribution in [0, 0.1) is 11.3 Å². The molecule has 21 heavy (non-hydrogen) atoms. The number of benzene rings is 1. The summed E-state index contributed by atoms with van der Waals surface area (Å²) in [7, 11) is 0. The van der Waals surface area contributed by atoms with Gasteiger partial charge in [0.05, 0.1) is 18.1 Å². The van der Waals surface area contributed by atoms with Gasteiger partial charge in [-0.15, -0.1) is 0 Å². The Balaban J connectivity index is 1.76. The molecule has 1 N–H and O–H groups in total. The van der Waals surface area contributed by atoms with E-state index in [9.17, 15) is 4.79 Å². The fraction of sp³-hybridized carbons (Fsp3) is 0.529. The van der Waals surface area contributed by atoms with E-state index in [0.29, 0.717) is 18.0 Å². The molecular weight excluding hydrogens is 262 g/mol. The number of nitrogens with zero attached hydrogens (tertiary/aromatic N) is 2. The van der Waals surface area contributed by atoms with Gasteiger partial charge in [0.2, 0.25) is 5.91 Å². The molecule has 0 saturated carbocycles. The summed E-state index contributed by atoms with van der Waals surface area (Å²) in [5.74, 6) is 0.0775. The molecule has 1 fully saturated rings. The van der Waals surface area contributed by atoms with Gasteiger partial charge in [-0.3, -0.25) is 4.79 Å². The first-order chi connectivity index (χ1) is 10.2. The third-order valence-corrected chi connectivity index (χ3v) is 3.94. The van der Waals surface area contributed by atoms with Crippen molar-refractivity contribution in [1.29, 1.82) is 5.26 Å². The lowest BCUT2D eigenvalue weighted by Crippen LogP contribution is -2.45. The summed E-state index contributed by atoms with van der Waals surface area (Å²) in [4.78, 5) is 14.5. The molecule has 1 aliphatic heterocycles. The number of likely N-dealkylation sites (tertiary alicyclic amines) is 1. The quantitative estimate of drug-likeness (QED) is 0.901. The standard InChI is InChI=1S/C17H23N3O/c1-2-9-20-10-7-16(8-11-20)19-17(21)12-14-3-5-15(13-18)6-4-14/h3-6,16H,2,7-12H2,1H3,(H,19,21). The van der Waals surface area contributed by atoms with Gasteiger partial charge in [0.15, 0.2) is 0 Å². The zero-order chi connectivity index (χ0) is 15.1. The van der Waals surface area contributed by atoms with E-state index in [0.717, 1.165) is 38.0 Å². The minimum atomic E-state index is 0.0775. The topological polar surface area (TPSA) is 56.1 Å². The molecule has 2 rings (SSSR count). The molecule has 4 nitrogen and oxygen atoms in total. The molecule has 0 bridgehead atoms. The van der Waals surface area contributed by atoms with Gasteiger partial charge >= 0.3 is 0 Å². The zero-order valence-electron chi connectivity index (χ0n) is 12.6. The second-order valence-corrected chi connectivity index (χ2v) is 5.67. The highest BCUT2D eigenvalue weighted by Crippen LogP contribution is 2.11. The molecule has 0 radical (unpaired) electrons. The minimum absolute atomic E-state index is 0.0775. The summed E-state index contributed by atoms with van der Waals surface area (Å²) in [5.41, 5.74) is 1.58. The second-order valence-electron chi connectivity index (χ2n) is 5.67. The normalized spacial score (nSPS) is 16.4. The van der Waals surface area contributed by atoms with Crippen molar-refractivity contribution in [3.05, 3.63) is 35.4 Å². The van der Waals surface area contributed by atoms with Crippen molar-refractivity contribution in [2.75, 3.05) is 19.6 Å². The van der Waals surface area contributed by atoms with Crippen LogP contribution in [0.3, 0.4) is 0 Å². The Morgan fingerprint density at radius 2 is 2.00 bits per heavy atom. The maximum atomic E-state index is 12.1. The summed E-state index contributed by atoms with van der Waals surface area (Å²) in [5, 5.41) is 11.9. The fourth-order valence-corrected chi connectivity index (χ4v) is 2.78. The largest absolute Gasteiger partial charge is 0.353 e. The lowest BCUT2D eigenvalue weighted by molar-refractivity contribution is -0.121. The molecule has 0 atom stereocenters. The number of amides is 1. The average Bonchev–Trinajstić information content (AvgIpc) is 2.50. The number of piperidine rings is 1. The van der Waals surface area contributed by atoms with Crippen LogP contribution in [-0.4, -0.2) is 36.5 Å². The summed E-state index contributed by atoms with van der Waals surface area (Å²) in [6.07, 6.45) is 3.66.